The van der Waals surface area contributed by atoms with Crippen molar-refractivity contribution in [2.24, 2.45) is 0 Å². The van der Waals surface area contributed by atoms with Gasteiger partial charge in [-0.15, -0.1) is 0 Å². The van der Waals surface area contributed by atoms with Crippen LogP contribution in [0.2, 0.25) is 0 Å². The highest BCUT2D eigenvalue weighted by atomic mass is 32.2. The molecule has 0 aliphatic heterocycles. The van der Waals surface area contributed by atoms with Crippen molar-refractivity contribution in [2.75, 3.05) is 11.3 Å². The van der Waals surface area contributed by atoms with Gasteiger partial charge >= 0.3 is 0 Å². The Kier molecular flexibility index (Phi) is 5.86. The van der Waals surface area contributed by atoms with E-state index >= 15 is 0 Å². The molecular weight excluding hydrogens is 222 g/mol. The second-order valence-electron chi connectivity index (χ2n) is 5.32. The normalized spacial score (nSPS) is 19.8. The fraction of sp³-hybridized carbons (Fsp3) is 1.00. The molecule has 1 fully saturated rings. The standard InChI is InChI=1S/C12H25NS2/c1-12(2,3)13(15-10-14-4)11-8-6-5-7-9-11/h11H,5-10H2,1-4H3. The molecule has 1 nitrogen and oxygen atoms in total. The van der Waals surface area contributed by atoms with Gasteiger partial charge in [0, 0.05) is 11.6 Å². The molecule has 0 radical (unpaired) electrons. The molecule has 0 saturated heterocycles. The van der Waals surface area contributed by atoms with E-state index in [9.17, 15) is 0 Å². The van der Waals surface area contributed by atoms with Gasteiger partial charge < -0.3 is 0 Å². The fourth-order valence-electron chi connectivity index (χ4n) is 2.27. The van der Waals surface area contributed by atoms with E-state index < -0.39 is 0 Å². The minimum atomic E-state index is 0.308. The van der Waals surface area contributed by atoms with Crippen LogP contribution < -0.4 is 0 Å². The zero-order valence-electron chi connectivity index (χ0n) is 10.6. The molecule has 1 aliphatic rings. The Hall–Kier alpha value is 0.660. The van der Waals surface area contributed by atoms with Crippen molar-refractivity contribution in [3.63, 3.8) is 0 Å². The highest BCUT2D eigenvalue weighted by Gasteiger charge is 2.30. The molecule has 0 amide bonds. The van der Waals surface area contributed by atoms with Crippen molar-refractivity contribution in [1.82, 2.24) is 4.31 Å². The maximum absolute atomic E-state index is 2.66. The van der Waals surface area contributed by atoms with Crippen LogP contribution in [0.5, 0.6) is 0 Å². The molecule has 1 aliphatic carbocycles. The Morgan fingerprint density at radius 1 is 1.13 bits per heavy atom. The first-order valence-electron chi connectivity index (χ1n) is 5.97. The summed E-state index contributed by atoms with van der Waals surface area (Å²) in [6.45, 7) is 7.03. The molecule has 0 spiro atoms. The van der Waals surface area contributed by atoms with Crippen molar-refractivity contribution in [3.05, 3.63) is 0 Å². The molecule has 0 heterocycles. The van der Waals surface area contributed by atoms with Crippen LogP contribution in [0, 0.1) is 0 Å². The topological polar surface area (TPSA) is 3.24 Å². The first-order valence-corrected chi connectivity index (χ1v) is 8.30. The Morgan fingerprint density at radius 3 is 2.20 bits per heavy atom. The molecule has 0 aromatic rings. The van der Waals surface area contributed by atoms with Gasteiger partial charge in [-0.1, -0.05) is 31.2 Å². The SMILES string of the molecule is CSCSN(C1CCCCC1)C(C)(C)C. The van der Waals surface area contributed by atoms with Gasteiger partial charge in [-0.25, -0.2) is 4.31 Å². The van der Waals surface area contributed by atoms with Crippen molar-refractivity contribution >= 4 is 23.7 Å². The van der Waals surface area contributed by atoms with Crippen LogP contribution in [-0.2, 0) is 0 Å². The van der Waals surface area contributed by atoms with E-state index in [0.29, 0.717) is 5.54 Å². The molecule has 0 N–H and O–H groups in total. The average Bonchev–Trinajstić information content (AvgIpc) is 2.18. The van der Waals surface area contributed by atoms with Crippen LogP contribution in [0.4, 0.5) is 0 Å². The van der Waals surface area contributed by atoms with Crippen LogP contribution in [0.25, 0.3) is 0 Å². The first-order chi connectivity index (χ1) is 7.05. The lowest BCUT2D eigenvalue weighted by Gasteiger charge is -2.42. The van der Waals surface area contributed by atoms with Crippen LogP contribution in [0.1, 0.15) is 52.9 Å². The third-order valence-electron chi connectivity index (χ3n) is 2.88. The highest BCUT2D eigenvalue weighted by Crippen LogP contribution is 2.34. The maximum Gasteiger partial charge on any atom is 0.0537 e. The molecule has 15 heavy (non-hydrogen) atoms. The number of rotatable bonds is 4. The molecule has 0 aromatic heterocycles. The summed E-state index contributed by atoms with van der Waals surface area (Å²) in [6, 6.07) is 0.816. The van der Waals surface area contributed by atoms with E-state index in [1.807, 2.05) is 23.7 Å². The number of thioether (sulfide) groups is 1. The minimum Gasteiger partial charge on any atom is -0.242 e. The molecule has 1 saturated carbocycles. The highest BCUT2D eigenvalue weighted by molar-refractivity contribution is 8.14. The van der Waals surface area contributed by atoms with Gasteiger partial charge in [0.15, 0.2) is 0 Å². The van der Waals surface area contributed by atoms with E-state index in [1.54, 1.807) is 0 Å². The molecule has 0 atom stereocenters. The summed E-state index contributed by atoms with van der Waals surface area (Å²) in [7, 11) is 0. The lowest BCUT2D eigenvalue weighted by Crippen LogP contribution is -2.44. The summed E-state index contributed by atoms with van der Waals surface area (Å²) in [5.74, 6) is 0. The van der Waals surface area contributed by atoms with Crippen molar-refractivity contribution < 1.29 is 0 Å². The summed E-state index contributed by atoms with van der Waals surface area (Å²) in [6.07, 6.45) is 9.29. The minimum absolute atomic E-state index is 0.308. The molecule has 90 valence electrons. The van der Waals surface area contributed by atoms with Gasteiger partial charge in [-0.3, -0.25) is 0 Å². The third-order valence-corrected chi connectivity index (χ3v) is 5.37. The predicted molar refractivity (Wildman–Crippen MR) is 74.4 cm³/mol. The lowest BCUT2D eigenvalue weighted by molar-refractivity contribution is 0.172. The van der Waals surface area contributed by atoms with Crippen molar-refractivity contribution in [1.29, 1.82) is 0 Å². The summed E-state index contributed by atoms with van der Waals surface area (Å²) in [5.41, 5.74) is 0.308. The van der Waals surface area contributed by atoms with Crippen LogP contribution in [0.15, 0.2) is 0 Å². The summed E-state index contributed by atoms with van der Waals surface area (Å²) in [5, 5.41) is 1.19. The molecule has 0 unspecified atom stereocenters. The van der Waals surface area contributed by atoms with Gasteiger partial charge in [0.2, 0.25) is 0 Å². The summed E-state index contributed by atoms with van der Waals surface area (Å²) in [4.78, 5) is 0. The average molecular weight is 247 g/mol. The second kappa shape index (κ2) is 6.41. The van der Waals surface area contributed by atoms with Gasteiger partial charge in [-0.05, 0) is 39.9 Å². The number of hydrogen-bond acceptors (Lipinski definition) is 3. The quantitative estimate of drug-likeness (QED) is 0.536. The third kappa shape index (κ3) is 4.58. The zero-order chi connectivity index (χ0) is 11.3. The van der Waals surface area contributed by atoms with Crippen molar-refractivity contribution in [3.8, 4) is 0 Å². The Bertz CT molecular complexity index is 171. The largest absolute Gasteiger partial charge is 0.242 e. The second-order valence-corrected chi connectivity index (χ2v) is 7.50. The zero-order valence-corrected chi connectivity index (χ0v) is 12.2. The maximum atomic E-state index is 2.66. The van der Waals surface area contributed by atoms with Gasteiger partial charge in [0.25, 0.3) is 0 Å². The fourth-order valence-corrected chi connectivity index (χ4v) is 3.96. The smallest absolute Gasteiger partial charge is 0.0537 e. The Labute approximate surface area is 104 Å². The van der Waals surface area contributed by atoms with Gasteiger partial charge in [0.05, 0.1) is 5.08 Å². The van der Waals surface area contributed by atoms with Crippen LogP contribution in [0.3, 0.4) is 0 Å². The summed E-state index contributed by atoms with van der Waals surface area (Å²) >= 11 is 3.96. The van der Waals surface area contributed by atoms with E-state index in [-0.39, 0.29) is 0 Å². The van der Waals surface area contributed by atoms with Gasteiger partial charge in [0.1, 0.15) is 0 Å². The first kappa shape index (κ1) is 13.7. The molecule has 0 aromatic carbocycles. The van der Waals surface area contributed by atoms with E-state index in [4.69, 9.17) is 0 Å². The molecular formula is C12H25NS2. The molecule has 0 bridgehead atoms. The number of hydrogen-bond donors (Lipinski definition) is 0. The van der Waals surface area contributed by atoms with E-state index in [0.717, 1.165) is 6.04 Å². The number of nitrogens with zero attached hydrogens (tertiary/aromatic N) is 1. The molecule has 3 heteroatoms. The predicted octanol–water partition coefficient (Wildman–Crippen LogP) is 4.39. The van der Waals surface area contributed by atoms with E-state index in [2.05, 4.69) is 31.3 Å². The van der Waals surface area contributed by atoms with Gasteiger partial charge in [-0.2, -0.15) is 11.8 Å². The monoisotopic (exact) mass is 247 g/mol. The molecule has 1 rings (SSSR count). The lowest BCUT2D eigenvalue weighted by atomic mass is 9.93. The Morgan fingerprint density at radius 2 is 1.73 bits per heavy atom. The van der Waals surface area contributed by atoms with Crippen molar-refractivity contribution in [2.45, 2.75) is 64.5 Å². The van der Waals surface area contributed by atoms with Crippen LogP contribution in [-0.4, -0.2) is 27.2 Å². The Balaban J connectivity index is 2.53. The van der Waals surface area contributed by atoms with Crippen LogP contribution >= 0.6 is 23.7 Å². The summed E-state index contributed by atoms with van der Waals surface area (Å²) < 4.78 is 2.66. The van der Waals surface area contributed by atoms with E-state index in [1.165, 1.54) is 37.2 Å².